The number of carboxylic acid groups (broad SMARTS) is 2. The summed E-state index contributed by atoms with van der Waals surface area (Å²) in [7, 11) is 0. The van der Waals surface area contributed by atoms with Crippen molar-refractivity contribution in [2.75, 3.05) is 11.5 Å². The van der Waals surface area contributed by atoms with E-state index in [2.05, 4.69) is 20.4 Å². The van der Waals surface area contributed by atoms with E-state index in [0.717, 1.165) is 16.2 Å². The maximum absolute atomic E-state index is 13.2. The Balaban J connectivity index is 1.38. The van der Waals surface area contributed by atoms with Gasteiger partial charge in [-0.3, -0.25) is 14.5 Å². The van der Waals surface area contributed by atoms with E-state index in [1.54, 1.807) is 4.57 Å². The van der Waals surface area contributed by atoms with E-state index in [1.165, 1.54) is 49.4 Å². The van der Waals surface area contributed by atoms with E-state index < -0.39 is 46.5 Å². The molecule has 2 amide bonds. The van der Waals surface area contributed by atoms with Crippen LogP contribution in [0.5, 0.6) is 11.5 Å². The zero-order valence-electron chi connectivity index (χ0n) is 21.8. The molecule has 3 aromatic rings. The van der Waals surface area contributed by atoms with Crippen molar-refractivity contribution >= 4 is 68.7 Å². The summed E-state index contributed by atoms with van der Waals surface area (Å²) in [5, 5.41) is 46.0. The number of nitrogen functional groups attached to an aromatic ring is 1. The first kappa shape index (κ1) is 28.7. The van der Waals surface area contributed by atoms with Crippen LogP contribution in [0.2, 0.25) is 0 Å². The van der Waals surface area contributed by atoms with Crippen LogP contribution in [0.3, 0.4) is 0 Å². The van der Waals surface area contributed by atoms with Crippen LogP contribution >= 0.6 is 23.1 Å². The molecule has 42 heavy (non-hydrogen) atoms. The Morgan fingerprint density at radius 2 is 1.95 bits per heavy atom. The predicted octanol–water partition coefficient (Wildman–Crippen LogP) is 0.509. The van der Waals surface area contributed by atoms with E-state index in [4.69, 9.17) is 10.6 Å². The molecule has 16 nitrogen and oxygen atoms in total. The lowest BCUT2D eigenvalue weighted by Crippen LogP contribution is -2.71. The molecular weight excluding hydrogens is 594 g/mol. The third-order valence-corrected chi connectivity index (χ3v) is 8.49. The number of carbonyl (C=O) groups excluding carboxylic acids is 2. The molecule has 2 aromatic heterocycles. The van der Waals surface area contributed by atoms with Crippen LogP contribution in [0.15, 0.2) is 40.3 Å². The number of phenolic OH excluding ortho intramolecular Hbond substituents is 2. The average Bonchev–Trinajstić information content (AvgIpc) is 3.52. The van der Waals surface area contributed by atoms with Crippen molar-refractivity contribution in [3.63, 3.8) is 0 Å². The van der Waals surface area contributed by atoms with Crippen molar-refractivity contribution in [1.29, 1.82) is 0 Å². The number of amides is 2. The number of hydrogen-bond acceptors (Lipinski definition) is 13. The number of nitrogens with two attached hydrogens (primary N) is 1. The molecule has 5 rings (SSSR count). The smallest absolute Gasteiger partial charge is 0.352 e. The number of nitrogens with one attached hydrogen (secondary N) is 1. The number of nitrogens with zero attached hydrogens (tertiary/aromatic N) is 5. The lowest BCUT2D eigenvalue weighted by molar-refractivity contribution is -0.161. The number of oxime groups is 1. The molecular formula is C24H23N7O9S2. The first-order chi connectivity index (χ1) is 19.8. The number of carbonyl (C=O) groups is 4. The molecule has 220 valence electrons. The Morgan fingerprint density at radius 3 is 2.60 bits per heavy atom. The first-order valence-corrected chi connectivity index (χ1v) is 14.0. The molecule has 1 aromatic carbocycles. The number of rotatable bonds is 9. The number of anilines is 1. The quantitative estimate of drug-likeness (QED) is 0.0831. The normalized spacial score (nSPS) is 19.0. The van der Waals surface area contributed by atoms with Gasteiger partial charge in [0.2, 0.25) is 5.60 Å². The molecule has 0 spiro atoms. The third-order valence-electron chi connectivity index (χ3n) is 6.47. The zero-order chi connectivity index (χ0) is 30.5. The number of fused-ring (bicyclic) bond motifs is 2. The topological polar surface area (TPSA) is 243 Å². The number of hydrogen-bond donors (Lipinski definition) is 6. The summed E-state index contributed by atoms with van der Waals surface area (Å²) in [5.74, 6) is -4.80. The highest BCUT2D eigenvalue weighted by Crippen LogP contribution is 2.41. The van der Waals surface area contributed by atoms with Gasteiger partial charge in [-0.2, -0.15) is 0 Å². The number of aromatic hydroxyl groups is 2. The van der Waals surface area contributed by atoms with Gasteiger partial charge in [-0.15, -0.1) is 23.1 Å². The van der Waals surface area contributed by atoms with Crippen LogP contribution in [0, 0.1) is 0 Å². The summed E-state index contributed by atoms with van der Waals surface area (Å²) in [6.07, 6.45) is 1.42. The minimum Gasteiger partial charge on any atom is -0.504 e. The minimum atomic E-state index is -1.79. The fourth-order valence-corrected chi connectivity index (χ4v) is 6.11. The van der Waals surface area contributed by atoms with Gasteiger partial charge in [0.05, 0.1) is 17.4 Å². The molecule has 0 unspecified atom stereocenters. The number of benzene rings is 1. The Hall–Kier alpha value is -4.84. The SMILES string of the molecule is CC(C)(O/N=C(\C(=O)N[C@@H]1C(=O)N2C(C(=O)O)=C(Cn3cnc4cc(O)c(O)cc43)CS[C@H]12)c1csc(N)n1)C(=O)O. The van der Waals surface area contributed by atoms with Crippen molar-refractivity contribution in [2.24, 2.45) is 5.16 Å². The van der Waals surface area contributed by atoms with E-state index >= 15 is 0 Å². The van der Waals surface area contributed by atoms with E-state index in [9.17, 15) is 39.6 Å². The number of phenols is 2. The number of aliphatic carboxylic acids is 2. The third kappa shape index (κ3) is 5.05. The maximum Gasteiger partial charge on any atom is 0.352 e. The fraction of sp³-hybridized carbons (Fsp3) is 0.292. The lowest BCUT2D eigenvalue weighted by Gasteiger charge is -2.49. The van der Waals surface area contributed by atoms with Gasteiger partial charge in [0.15, 0.2) is 22.3 Å². The molecule has 4 heterocycles. The molecule has 2 aliphatic heterocycles. The van der Waals surface area contributed by atoms with Gasteiger partial charge in [-0.1, -0.05) is 5.16 Å². The Bertz CT molecular complexity index is 1710. The number of carboxylic acids is 2. The van der Waals surface area contributed by atoms with Crippen LogP contribution in [-0.4, -0.2) is 92.1 Å². The Kier molecular flexibility index (Phi) is 7.19. The Morgan fingerprint density at radius 1 is 1.24 bits per heavy atom. The van der Waals surface area contributed by atoms with E-state index in [0.29, 0.717) is 16.6 Å². The predicted molar refractivity (Wildman–Crippen MR) is 149 cm³/mol. The van der Waals surface area contributed by atoms with Gasteiger partial charge in [-0.05, 0) is 19.4 Å². The molecule has 1 saturated heterocycles. The van der Waals surface area contributed by atoms with Gasteiger partial charge >= 0.3 is 11.9 Å². The number of β-lactam (4-membered cyclic amide) rings is 1. The second-order valence-electron chi connectivity index (χ2n) is 9.74. The molecule has 7 N–H and O–H groups in total. The minimum absolute atomic E-state index is 0.00330. The molecule has 18 heteroatoms. The summed E-state index contributed by atoms with van der Waals surface area (Å²) in [4.78, 5) is 64.5. The zero-order valence-corrected chi connectivity index (χ0v) is 23.5. The van der Waals surface area contributed by atoms with Crippen molar-refractivity contribution < 1.29 is 44.4 Å². The summed E-state index contributed by atoms with van der Waals surface area (Å²) in [5.41, 5.74) is 4.43. The molecule has 0 radical (unpaired) electrons. The Labute approximate surface area is 244 Å². The van der Waals surface area contributed by atoms with Crippen molar-refractivity contribution in [2.45, 2.75) is 37.4 Å². The highest BCUT2D eigenvalue weighted by Gasteiger charge is 2.54. The summed E-state index contributed by atoms with van der Waals surface area (Å²) < 4.78 is 1.58. The largest absolute Gasteiger partial charge is 0.504 e. The number of imidazole rings is 1. The summed E-state index contributed by atoms with van der Waals surface area (Å²) in [6.45, 7) is 2.49. The number of aromatic nitrogens is 3. The number of thiazole rings is 1. The van der Waals surface area contributed by atoms with E-state index in [-0.39, 0.29) is 40.3 Å². The molecule has 2 atom stereocenters. The highest BCUT2D eigenvalue weighted by atomic mass is 32.2. The van der Waals surface area contributed by atoms with Crippen LogP contribution in [0.4, 0.5) is 5.13 Å². The highest BCUT2D eigenvalue weighted by molar-refractivity contribution is 8.00. The fourth-order valence-electron chi connectivity index (χ4n) is 4.23. The first-order valence-electron chi connectivity index (χ1n) is 12.1. The van der Waals surface area contributed by atoms with Crippen molar-refractivity contribution in [3.8, 4) is 11.5 Å². The molecule has 0 saturated carbocycles. The number of thioether (sulfide) groups is 1. The lowest BCUT2D eigenvalue weighted by atomic mass is 10.0. The van der Waals surface area contributed by atoms with Gasteiger partial charge < -0.3 is 40.9 Å². The second-order valence-corrected chi connectivity index (χ2v) is 11.7. The maximum atomic E-state index is 13.2. The van der Waals surface area contributed by atoms with Gasteiger partial charge in [0.25, 0.3) is 11.8 Å². The van der Waals surface area contributed by atoms with Crippen LogP contribution in [0.1, 0.15) is 19.5 Å². The summed E-state index contributed by atoms with van der Waals surface area (Å²) in [6, 6.07) is 1.45. The van der Waals surface area contributed by atoms with Gasteiger partial charge in [0.1, 0.15) is 22.8 Å². The van der Waals surface area contributed by atoms with Gasteiger partial charge in [-0.25, -0.2) is 19.6 Å². The van der Waals surface area contributed by atoms with Crippen LogP contribution in [-0.2, 0) is 30.6 Å². The van der Waals surface area contributed by atoms with Crippen molar-refractivity contribution in [1.82, 2.24) is 24.8 Å². The van der Waals surface area contributed by atoms with Crippen LogP contribution in [0.25, 0.3) is 11.0 Å². The molecule has 2 aliphatic rings. The second kappa shape index (κ2) is 10.5. The van der Waals surface area contributed by atoms with Crippen LogP contribution < -0.4 is 11.1 Å². The molecule has 1 fully saturated rings. The van der Waals surface area contributed by atoms with Crippen molar-refractivity contribution in [3.05, 3.63) is 40.8 Å². The summed E-state index contributed by atoms with van der Waals surface area (Å²) >= 11 is 2.23. The average molecular weight is 618 g/mol. The monoisotopic (exact) mass is 617 g/mol. The molecule has 0 bridgehead atoms. The van der Waals surface area contributed by atoms with E-state index in [1.807, 2.05) is 0 Å². The van der Waals surface area contributed by atoms with Gasteiger partial charge in [0, 0.05) is 29.8 Å². The molecule has 0 aliphatic carbocycles. The standard InChI is InChI=1S/C24H23N7O9S2/c1-24(2,22(38)39)40-29-15(11-7-42-23(25)27-11)18(34)28-16-19(35)31-17(21(36)37)9(6-41-20(16)31)5-30-8-26-10-3-13(32)14(33)4-12(10)30/h3-4,7-8,16,20,32-33H,5-6H2,1-2H3,(H2,25,27)(H,28,34)(H,36,37)(H,38,39)/b29-15-/t16-,20-/m1/s1.